The molecule has 0 saturated carbocycles. The van der Waals surface area contributed by atoms with Gasteiger partial charge in [-0.15, -0.1) is 0 Å². The van der Waals surface area contributed by atoms with E-state index in [1.165, 1.54) is 0 Å². The molecule has 128 valence electrons. The van der Waals surface area contributed by atoms with E-state index in [2.05, 4.69) is 15.5 Å². The minimum Gasteiger partial charge on any atom is -0.346 e. The fourth-order valence-corrected chi connectivity index (χ4v) is 2.38. The minimum atomic E-state index is -4.45. The van der Waals surface area contributed by atoms with Crippen molar-refractivity contribution in [2.45, 2.75) is 12.7 Å². The Kier molecular flexibility index (Phi) is 4.26. The number of H-pyrrole nitrogens is 1. The standard InChI is InChI=1S/C17H12F3N3O2/c18-17(19,20)11-7-5-10(6-8-11)15(24)21-9-14-12-3-1-2-4-13(12)16(25)23-22-14/h1-8H,9H2,(H,21,24)(H,23,25). The molecule has 0 spiro atoms. The van der Waals surface area contributed by atoms with Crippen molar-refractivity contribution in [2.75, 3.05) is 0 Å². The number of benzene rings is 2. The summed E-state index contributed by atoms with van der Waals surface area (Å²) in [6.45, 7) is 0.0249. The molecule has 2 aromatic carbocycles. The third-order valence-electron chi connectivity index (χ3n) is 3.67. The monoisotopic (exact) mass is 347 g/mol. The first-order chi connectivity index (χ1) is 11.9. The zero-order valence-electron chi connectivity index (χ0n) is 12.7. The van der Waals surface area contributed by atoms with Gasteiger partial charge in [-0.05, 0) is 30.3 Å². The molecule has 1 aromatic heterocycles. The Hall–Kier alpha value is -3.16. The lowest BCUT2D eigenvalue weighted by Gasteiger charge is -2.09. The largest absolute Gasteiger partial charge is 0.416 e. The summed E-state index contributed by atoms with van der Waals surface area (Å²) in [5.74, 6) is -0.536. The number of alkyl halides is 3. The predicted octanol–water partition coefficient (Wildman–Crippen LogP) is 2.87. The molecular weight excluding hydrogens is 335 g/mol. The quantitative estimate of drug-likeness (QED) is 0.765. The number of nitrogens with zero attached hydrogens (tertiary/aromatic N) is 1. The van der Waals surface area contributed by atoms with E-state index in [9.17, 15) is 22.8 Å². The number of aromatic nitrogens is 2. The van der Waals surface area contributed by atoms with Crippen LogP contribution in [0.3, 0.4) is 0 Å². The Morgan fingerprint density at radius 2 is 1.68 bits per heavy atom. The number of carbonyl (C=O) groups is 1. The molecular formula is C17H12F3N3O2. The van der Waals surface area contributed by atoms with E-state index < -0.39 is 17.6 Å². The van der Waals surface area contributed by atoms with Gasteiger partial charge in [-0.2, -0.15) is 18.3 Å². The van der Waals surface area contributed by atoms with Crippen molar-refractivity contribution >= 4 is 16.7 Å². The van der Waals surface area contributed by atoms with Crippen molar-refractivity contribution in [1.82, 2.24) is 15.5 Å². The zero-order chi connectivity index (χ0) is 18.0. The molecule has 0 atom stereocenters. The van der Waals surface area contributed by atoms with Crippen LogP contribution in [0.15, 0.2) is 53.3 Å². The lowest BCUT2D eigenvalue weighted by Crippen LogP contribution is -2.24. The van der Waals surface area contributed by atoms with E-state index in [0.29, 0.717) is 16.5 Å². The molecule has 3 aromatic rings. The van der Waals surface area contributed by atoms with Crippen LogP contribution >= 0.6 is 0 Å². The van der Waals surface area contributed by atoms with Crippen molar-refractivity contribution in [3.05, 3.63) is 75.7 Å². The highest BCUT2D eigenvalue weighted by Gasteiger charge is 2.30. The van der Waals surface area contributed by atoms with Gasteiger partial charge in [0, 0.05) is 10.9 Å². The molecule has 1 amide bonds. The van der Waals surface area contributed by atoms with Gasteiger partial charge < -0.3 is 5.32 Å². The second-order valence-corrected chi connectivity index (χ2v) is 5.30. The number of amides is 1. The summed E-state index contributed by atoms with van der Waals surface area (Å²) in [4.78, 5) is 23.8. The normalized spacial score (nSPS) is 11.5. The summed E-state index contributed by atoms with van der Waals surface area (Å²) < 4.78 is 37.6. The summed E-state index contributed by atoms with van der Waals surface area (Å²) in [5.41, 5.74) is -0.608. The Labute approximate surface area is 139 Å². The fourth-order valence-electron chi connectivity index (χ4n) is 2.38. The molecule has 0 fully saturated rings. The number of nitrogens with one attached hydrogen (secondary N) is 2. The lowest BCUT2D eigenvalue weighted by atomic mass is 10.1. The summed E-state index contributed by atoms with van der Waals surface area (Å²) in [6.07, 6.45) is -4.45. The molecule has 25 heavy (non-hydrogen) atoms. The maximum absolute atomic E-state index is 12.5. The number of fused-ring (bicyclic) bond motifs is 1. The number of halogens is 3. The van der Waals surface area contributed by atoms with Gasteiger partial charge in [0.2, 0.25) is 0 Å². The lowest BCUT2D eigenvalue weighted by molar-refractivity contribution is -0.137. The third-order valence-corrected chi connectivity index (χ3v) is 3.67. The fraction of sp³-hybridized carbons (Fsp3) is 0.118. The van der Waals surface area contributed by atoms with E-state index in [1.54, 1.807) is 24.3 Å². The summed E-state index contributed by atoms with van der Waals surface area (Å²) in [7, 11) is 0. The van der Waals surface area contributed by atoms with E-state index in [4.69, 9.17) is 0 Å². The van der Waals surface area contributed by atoms with Gasteiger partial charge in [0.05, 0.1) is 23.2 Å². The second kappa shape index (κ2) is 6.39. The minimum absolute atomic E-state index is 0.0249. The van der Waals surface area contributed by atoms with Crippen LogP contribution in [0.2, 0.25) is 0 Å². The van der Waals surface area contributed by atoms with Crippen molar-refractivity contribution in [2.24, 2.45) is 0 Å². The van der Waals surface area contributed by atoms with Gasteiger partial charge in [0.1, 0.15) is 0 Å². The van der Waals surface area contributed by atoms with Crippen molar-refractivity contribution < 1.29 is 18.0 Å². The average molecular weight is 347 g/mol. The van der Waals surface area contributed by atoms with Crippen LogP contribution in [0.1, 0.15) is 21.6 Å². The van der Waals surface area contributed by atoms with E-state index in [1.807, 2.05) is 0 Å². The molecule has 0 aliphatic rings. The molecule has 0 bridgehead atoms. The second-order valence-electron chi connectivity index (χ2n) is 5.30. The molecule has 2 N–H and O–H groups in total. The van der Waals surface area contributed by atoms with Crippen LogP contribution in [-0.2, 0) is 12.7 Å². The summed E-state index contributed by atoms with van der Waals surface area (Å²) >= 11 is 0. The van der Waals surface area contributed by atoms with Crippen LogP contribution in [0.4, 0.5) is 13.2 Å². The van der Waals surface area contributed by atoms with Gasteiger partial charge in [-0.25, -0.2) is 5.10 Å². The van der Waals surface area contributed by atoms with E-state index >= 15 is 0 Å². The topological polar surface area (TPSA) is 74.8 Å². The molecule has 5 nitrogen and oxygen atoms in total. The average Bonchev–Trinajstić information content (AvgIpc) is 2.60. The Balaban J connectivity index is 1.77. The molecule has 3 rings (SSSR count). The van der Waals surface area contributed by atoms with Crippen LogP contribution in [-0.4, -0.2) is 16.1 Å². The van der Waals surface area contributed by atoms with Gasteiger partial charge in [-0.3, -0.25) is 9.59 Å². The smallest absolute Gasteiger partial charge is 0.346 e. The highest BCUT2D eigenvalue weighted by molar-refractivity contribution is 5.94. The Morgan fingerprint density at radius 3 is 2.32 bits per heavy atom. The maximum Gasteiger partial charge on any atom is 0.416 e. The van der Waals surface area contributed by atoms with Crippen LogP contribution < -0.4 is 10.9 Å². The molecule has 0 aliphatic carbocycles. The van der Waals surface area contributed by atoms with Crippen LogP contribution in [0, 0.1) is 0 Å². The predicted molar refractivity (Wildman–Crippen MR) is 85.0 cm³/mol. The SMILES string of the molecule is O=C(NCc1n[nH]c(=O)c2ccccc12)c1ccc(C(F)(F)F)cc1. The summed E-state index contributed by atoms with van der Waals surface area (Å²) in [5, 5.41) is 9.88. The molecule has 8 heteroatoms. The van der Waals surface area contributed by atoms with Gasteiger partial charge in [0.25, 0.3) is 11.5 Å². The number of carbonyl (C=O) groups excluding carboxylic acids is 1. The van der Waals surface area contributed by atoms with Crippen molar-refractivity contribution in [3.63, 3.8) is 0 Å². The van der Waals surface area contributed by atoms with E-state index in [-0.39, 0.29) is 17.7 Å². The molecule has 0 unspecified atom stereocenters. The first-order valence-corrected chi connectivity index (χ1v) is 7.28. The van der Waals surface area contributed by atoms with Gasteiger partial charge >= 0.3 is 6.18 Å². The highest BCUT2D eigenvalue weighted by atomic mass is 19.4. The van der Waals surface area contributed by atoms with Gasteiger partial charge in [0.15, 0.2) is 0 Å². The van der Waals surface area contributed by atoms with Crippen LogP contribution in [0.5, 0.6) is 0 Å². The summed E-state index contributed by atoms with van der Waals surface area (Å²) in [6, 6.07) is 10.7. The van der Waals surface area contributed by atoms with Gasteiger partial charge in [-0.1, -0.05) is 18.2 Å². The Bertz CT molecular complexity index is 979. The van der Waals surface area contributed by atoms with E-state index in [0.717, 1.165) is 24.3 Å². The molecule has 0 aliphatic heterocycles. The molecule has 1 heterocycles. The van der Waals surface area contributed by atoms with Crippen LogP contribution in [0.25, 0.3) is 10.8 Å². The van der Waals surface area contributed by atoms with Crippen molar-refractivity contribution in [3.8, 4) is 0 Å². The number of aromatic amines is 1. The maximum atomic E-state index is 12.5. The number of hydrogen-bond donors (Lipinski definition) is 2. The highest BCUT2D eigenvalue weighted by Crippen LogP contribution is 2.29. The first kappa shape index (κ1) is 16.7. The molecule has 0 saturated heterocycles. The third kappa shape index (κ3) is 3.52. The number of hydrogen-bond acceptors (Lipinski definition) is 3. The molecule has 0 radical (unpaired) electrons. The number of rotatable bonds is 3. The first-order valence-electron chi connectivity index (χ1n) is 7.28. The Morgan fingerprint density at radius 1 is 1.04 bits per heavy atom. The van der Waals surface area contributed by atoms with Crippen molar-refractivity contribution in [1.29, 1.82) is 0 Å². The zero-order valence-corrected chi connectivity index (χ0v) is 12.7.